The highest BCUT2D eigenvalue weighted by Crippen LogP contribution is 2.29. The van der Waals surface area contributed by atoms with E-state index in [1.807, 2.05) is 0 Å². The van der Waals surface area contributed by atoms with E-state index in [1.54, 1.807) is 0 Å². The topological polar surface area (TPSA) is 38.3 Å². The highest BCUT2D eigenvalue weighted by Gasteiger charge is 2.31. The van der Waals surface area contributed by atoms with Crippen LogP contribution in [0.3, 0.4) is 0 Å². The van der Waals surface area contributed by atoms with Crippen LogP contribution in [0.5, 0.6) is 5.75 Å². The number of carbonyl (C=O) groups is 1. The molecule has 0 spiro atoms. The fraction of sp³-hybridized carbons (Fsp3) is 0.167. The smallest absolute Gasteiger partial charge is 0.406 e. The van der Waals surface area contributed by atoms with E-state index in [9.17, 15) is 31.1 Å². The zero-order chi connectivity index (χ0) is 20.1. The zero-order valence-electron chi connectivity index (χ0n) is 13.4. The molecule has 1 N–H and O–H groups in total. The fourth-order valence-electron chi connectivity index (χ4n) is 1.95. The number of benzene rings is 2. The minimum absolute atomic E-state index is 0.0744. The molecule has 2 aromatic carbocycles. The number of amides is 1. The van der Waals surface area contributed by atoms with Crippen LogP contribution < -0.4 is 10.1 Å². The molecule has 0 unspecified atom stereocenters. The zero-order valence-corrected chi connectivity index (χ0v) is 13.4. The normalized spacial score (nSPS) is 11.3. The SMILES string of the molecule is O=C(NCC#Cc1cccc(C(F)(F)F)c1)c1ccc(OC(F)(F)F)cc1. The van der Waals surface area contributed by atoms with Gasteiger partial charge in [-0.05, 0) is 42.5 Å². The lowest BCUT2D eigenvalue weighted by atomic mass is 10.1. The van der Waals surface area contributed by atoms with Crippen molar-refractivity contribution in [1.29, 1.82) is 0 Å². The second-order valence-corrected chi connectivity index (χ2v) is 5.14. The van der Waals surface area contributed by atoms with Gasteiger partial charge >= 0.3 is 12.5 Å². The van der Waals surface area contributed by atoms with Crippen LogP contribution in [0.1, 0.15) is 21.5 Å². The molecule has 2 rings (SSSR count). The maximum Gasteiger partial charge on any atom is 0.573 e. The Hall–Kier alpha value is -3.15. The molecule has 0 saturated carbocycles. The Morgan fingerprint density at radius 1 is 1.00 bits per heavy atom. The second-order valence-electron chi connectivity index (χ2n) is 5.14. The minimum atomic E-state index is -4.83. The monoisotopic (exact) mass is 387 g/mol. The van der Waals surface area contributed by atoms with Gasteiger partial charge in [0.25, 0.3) is 5.91 Å². The molecule has 9 heteroatoms. The molecule has 0 radical (unpaired) electrons. The van der Waals surface area contributed by atoms with Crippen molar-refractivity contribution in [3.63, 3.8) is 0 Å². The van der Waals surface area contributed by atoms with Gasteiger partial charge in [0.15, 0.2) is 0 Å². The van der Waals surface area contributed by atoms with Gasteiger partial charge in [-0.3, -0.25) is 4.79 Å². The first kappa shape index (κ1) is 20.2. The van der Waals surface area contributed by atoms with Gasteiger partial charge in [-0.25, -0.2) is 0 Å². The Morgan fingerprint density at radius 3 is 2.26 bits per heavy atom. The van der Waals surface area contributed by atoms with E-state index in [0.717, 1.165) is 36.4 Å². The molecule has 0 heterocycles. The second kappa shape index (κ2) is 8.03. The summed E-state index contributed by atoms with van der Waals surface area (Å²) in [4.78, 5) is 11.8. The highest BCUT2D eigenvalue weighted by atomic mass is 19.4. The number of rotatable bonds is 3. The first-order valence-corrected chi connectivity index (χ1v) is 7.35. The number of halogens is 6. The number of hydrogen-bond acceptors (Lipinski definition) is 2. The quantitative estimate of drug-likeness (QED) is 0.627. The lowest BCUT2D eigenvalue weighted by Gasteiger charge is -2.09. The number of alkyl halides is 6. The largest absolute Gasteiger partial charge is 0.573 e. The predicted molar refractivity (Wildman–Crippen MR) is 83.8 cm³/mol. The molecular weight excluding hydrogens is 376 g/mol. The summed E-state index contributed by atoms with van der Waals surface area (Å²) in [6, 6.07) is 8.65. The predicted octanol–water partition coefficient (Wildman–Crippen LogP) is 4.39. The van der Waals surface area contributed by atoms with Crippen LogP contribution in [0.15, 0.2) is 48.5 Å². The van der Waals surface area contributed by atoms with E-state index in [0.29, 0.717) is 0 Å². The van der Waals surface area contributed by atoms with Crippen LogP contribution >= 0.6 is 0 Å². The summed E-state index contributed by atoms with van der Waals surface area (Å²) < 4.78 is 77.6. The van der Waals surface area contributed by atoms with Crippen molar-refractivity contribution in [2.45, 2.75) is 12.5 Å². The molecule has 0 aliphatic heterocycles. The summed E-state index contributed by atoms with van der Waals surface area (Å²) in [6.07, 6.45) is -9.31. The van der Waals surface area contributed by atoms with Crippen molar-refractivity contribution in [3.05, 3.63) is 65.2 Å². The van der Waals surface area contributed by atoms with Crippen LogP contribution in [0, 0.1) is 11.8 Å². The Balaban J connectivity index is 1.93. The maximum atomic E-state index is 12.6. The van der Waals surface area contributed by atoms with Crippen LogP contribution in [-0.4, -0.2) is 18.8 Å². The van der Waals surface area contributed by atoms with Crippen LogP contribution in [0.2, 0.25) is 0 Å². The van der Waals surface area contributed by atoms with Crippen LogP contribution in [-0.2, 0) is 6.18 Å². The Bertz CT molecular complexity index is 860. The molecule has 3 nitrogen and oxygen atoms in total. The summed E-state index contributed by atoms with van der Waals surface area (Å²) in [5, 5.41) is 2.38. The molecule has 2 aromatic rings. The van der Waals surface area contributed by atoms with Gasteiger partial charge in [0.1, 0.15) is 5.75 Å². The Kier molecular flexibility index (Phi) is 6.00. The van der Waals surface area contributed by atoms with Crippen molar-refractivity contribution in [3.8, 4) is 17.6 Å². The standard InChI is InChI=1S/C18H11F6NO2/c19-17(20,21)14-5-1-3-12(11-14)4-2-10-25-16(26)13-6-8-15(9-7-13)27-18(22,23)24/h1,3,5-9,11H,10H2,(H,25,26). The van der Waals surface area contributed by atoms with Gasteiger partial charge in [-0.2, -0.15) is 13.2 Å². The van der Waals surface area contributed by atoms with Crippen molar-refractivity contribution in [2.24, 2.45) is 0 Å². The van der Waals surface area contributed by atoms with E-state index < -0.39 is 29.8 Å². The van der Waals surface area contributed by atoms with Crippen LogP contribution in [0.4, 0.5) is 26.3 Å². The summed E-state index contributed by atoms with van der Waals surface area (Å²) in [5.41, 5.74) is -0.627. The summed E-state index contributed by atoms with van der Waals surface area (Å²) >= 11 is 0. The average molecular weight is 387 g/mol. The van der Waals surface area contributed by atoms with E-state index in [4.69, 9.17) is 0 Å². The van der Waals surface area contributed by atoms with E-state index in [2.05, 4.69) is 21.9 Å². The third-order valence-corrected chi connectivity index (χ3v) is 3.11. The highest BCUT2D eigenvalue weighted by molar-refractivity contribution is 5.94. The van der Waals surface area contributed by atoms with E-state index in [-0.39, 0.29) is 17.7 Å². The molecule has 0 aliphatic rings. The first-order chi connectivity index (χ1) is 12.5. The molecule has 27 heavy (non-hydrogen) atoms. The van der Waals surface area contributed by atoms with Crippen molar-refractivity contribution in [1.82, 2.24) is 5.32 Å². The molecule has 142 valence electrons. The van der Waals surface area contributed by atoms with Gasteiger partial charge in [-0.15, -0.1) is 13.2 Å². The van der Waals surface area contributed by atoms with E-state index >= 15 is 0 Å². The fourth-order valence-corrected chi connectivity index (χ4v) is 1.95. The van der Waals surface area contributed by atoms with Gasteiger partial charge in [0, 0.05) is 11.1 Å². The lowest BCUT2D eigenvalue weighted by Crippen LogP contribution is -2.23. The van der Waals surface area contributed by atoms with Crippen molar-refractivity contribution >= 4 is 5.91 Å². The molecule has 0 fully saturated rings. The molecular formula is C18H11F6NO2. The number of hydrogen-bond donors (Lipinski definition) is 1. The molecule has 0 saturated heterocycles. The number of carbonyl (C=O) groups excluding carboxylic acids is 1. The van der Waals surface area contributed by atoms with Crippen molar-refractivity contribution in [2.75, 3.05) is 6.54 Å². The van der Waals surface area contributed by atoms with Gasteiger partial charge in [0.05, 0.1) is 12.1 Å². The molecule has 0 atom stereocenters. The lowest BCUT2D eigenvalue weighted by molar-refractivity contribution is -0.274. The average Bonchev–Trinajstić information content (AvgIpc) is 2.57. The number of ether oxygens (including phenoxy) is 1. The molecule has 0 aliphatic carbocycles. The van der Waals surface area contributed by atoms with Crippen LogP contribution in [0.25, 0.3) is 0 Å². The number of nitrogens with one attached hydrogen (secondary N) is 1. The molecule has 0 bridgehead atoms. The summed E-state index contributed by atoms with van der Waals surface area (Å²) in [6.45, 7) is -0.157. The van der Waals surface area contributed by atoms with Crippen molar-refractivity contribution < 1.29 is 35.9 Å². The van der Waals surface area contributed by atoms with E-state index in [1.165, 1.54) is 12.1 Å². The molecule has 0 aromatic heterocycles. The summed E-state index contributed by atoms with van der Waals surface area (Å²) in [5.74, 6) is 3.92. The third-order valence-electron chi connectivity index (χ3n) is 3.11. The van der Waals surface area contributed by atoms with Gasteiger partial charge in [0.2, 0.25) is 0 Å². The summed E-state index contributed by atoms with van der Waals surface area (Å²) in [7, 11) is 0. The van der Waals surface area contributed by atoms with Gasteiger partial charge < -0.3 is 10.1 Å². The third kappa shape index (κ3) is 6.58. The first-order valence-electron chi connectivity index (χ1n) is 7.35. The maximum absolute atomic E-state index is 12.6. The van der Waals surface area contributed by atoms with Gasteiger partial charge in [-0.1, -0.05) is 17.9 Å². The molecule has 1 amide bonds. The minimum Gasteiger partial charge on any atom is -0.406 e. The Morgan fingerprint density at radius 2 is 1.67 bits per heavy atom. The Labute approximate surface area is 149 Å².